The summed E-state index contributed by atoms with van der Waals surface area (Å²) in [4.78, 5) is 31.3. The van der Waals surface area contributed by atoms with Crippen molar-refractivity contribution in [2.75, 3.05) is 18.1 Å². The van der Waals surface area contributed by atoms with Crippen LogP contribution in [-0.2, 0) is 4.79 Å². The third kappa shape index (κ3) is 1.92. The van der Waals surface area contributed by atoms with Crippen LogP contribution >= 0.6 is 0 Å². The Balaban J connectivity index is 2.18. The molecular formula is C10H11N3O3. The first-order chi connectivity index (χ1) is 7.74. The lowest BCUT2D eigenvalue weighted by Crippen LogP contribution is -2.26. The van der Waals surface area contributed by atoms with E-state index >= 15 is 0 Å². The van der Waals surface area contributed by atoms with E-state index < -0.39 is 0 Å². The van der Waals surface area contributed by atoms with Gasteiger partial charge in [0.05, 0.1) is 5.56 Å². The van der Waals surface area contributed by atoms with Crippen molar-refractivity contribution in [3.05, 3.63) is 18.0 Å². The molecule has 0 spiro atoms. The number of aromatic nitrogens is 2. The van der Waals surface area contributed by atoms with Gasteiger partial charge in [-0.05, 0) is 0 Å². The Labute approximate surface area is 91.9 Å². The summed E-state index contributed by atoms with van der Waals surface area (Å²) in [5.41, 5.74) is 0.370. The van der Waals surface area contributed by atoms with Crippen LogP contribution in [0, 0.1) is 5.92 Å². The van der Waals surface area contributed by atoms with Crippen LogP contribution in [0.1, 0.15) is 16.8 Å². The molecule has 0 radical (unpaired) electrons. The van der Waals surface area contributed by atoms with Gasteiger partial charge in [-0.3, -0.25) is 14.5 Å². The van der Waals surface area contributed by atoms with Crippen LogP contribution in [0.15, 0.2) is 12.4 Å². The van der Waals surface area contributed by atoms with Gasteiger partial charge >= 0.3 is 0 Å². The second-order valence-electron chi connectivity index (χ2n) is 3.69. The van der Waals surface area contributed by atoms with E-state index in [2.05, 4.69) is 9.97 Å². The standard InChI is InChI=1S/C10H11N3O3/c14-5-7-1-9(16)13(4-7)10-11-2-8(6-15)3-12-10/h2-3,6-7,14H,1,4-5H2. The molecule has 84 valence electrons. The molecule has 1 N–H and O–H groups in total. The van der Waals surface area contributed by atoms with Crippen LogP contribution in [-0.4, -0.2) is 40.4 Å². The summed E-state index contributed by atoms with van der Waals surface area (Å²) in [6.45, 7) is 0.407. The Morgan fingerprint density at radius 2 is 2.19 bits per heavy atom. The first kappa shape index (κ1) is 10.7. The fourth-order valence-corrected chi connectivity index (χ4v) is 1.63. The number of aliphatic hydroxyl groups excluding tert-OH is 1. The molecule has 6 nitrogen and oxygen atoms in total. The fraction of sp³-hybridized carbons (Fsp3) is 0.400. The fourth-order valence-electron chi connectivity index (χ4n) is 1.63. The van der Waals surface area contributed by atoms with Crippen LogP contribution in [0.5, 0.6) is 0 Å². The second kappa shape index (κ2) is 4.36. The smallest absolute Gasteiger partial charge is 0.232 e. The van der Waals surface area contributed by atoms with Crippen molar-refractivity contribution in [2.45, 2.75) is 6.42 Å². The highest BCUT2D eigenvalue weighted by Crippen LogP contribution is 2.21. The zero-order valence-corrected chi connectivity index (χ0v) is 8.54. The van der Waals surface area contributed by atoms with Gasteiger partial charge in [0.2, 0.25) is 11.9 Å². The molecule has 1 amide bonds. The van der Waals surface area contributed by atoms with Gasteiger partial charge < -0.3 is 5.11 Å². The second-order valence-corrected chi connectivity index (χ2v) is 3.69. The van der Waals surface area contributed by atoms with Crippen molar-refractivity contribution < 1.29 is 14.7 Å². The molecule has 0 bridgehead atoms. The lowest BCUT2D eigenvalue weighted by atomic mass is 10.1. The Morgan fingerprint density at radius 1 is 1.50 bits per heavy atom. The summed E-state index contributed by atoms with van der Waals surface area (Å²) in [5.74, 6) is 0.131. The highest BCUT2D eigenvalue weighted by Gasteiger charge is 2.31. The van der Waals surface area contributed by atoms with Crippen molar-refractivity contribution in [1.29, 1.82) is 0 Å². The SMILES string of the molecule is O=Cc1cnc(N2CC(CO)CC2=O)nc1. The Hall–Kier alpha value is -1.82. The average molecular weight is 221 g/mol. The summed E-state index contributed by atoms with van der Waals surface area (Å²) in [7, 11) is 0. The van der Waals surface area contributed by atoms with Crippen molar-refractivity contribution in [2.24, 2.45) is 5.92 Å². The van der Waals surface area contributed by atoms with E-state index in [1.807, 2.05) is 0 Å². The number of rotatable bonds is 3. The number of aliphatic hydroxyl groups is 1. The van der Waals surface area contributed by atoms with Gasteiger partial charge in [0, 0.05) is 37.9 Å². The van der Waals surface area contributed by atoms with E-state index in [1.165, 1.54) is 17.3 Å². The van der Waals surface area contributed by atoms with E-state index in [0.29, 0.717) is 24.8 Å². The predicted octanol–water partition coefficient (Wildman–Crippen LogP) is -0.366. The average Bonchev–Trinajstić information content (AvgIpc) is 2.71. The molecular weight excluding hydrogens is 210 g/mol. The molecule has 1 atom stereocenters. The van der Waals surface area contributed by atoms with Crippen molar-refractivity contribution in [1.82, 2.24) is 9.97 Å². The number of aldehydes is 1. The largest absolute Gasteiger partial charge is 0.396 e. The number of hydrogen-bond acceptors (Lipinski definition) is 5. The highest BCUT2D eigenvalue weighted by atomic mass is 16.3. The molecule has 16 heavy (non-hydrogen) atoms. The van der Waals surface area contributed by atoms with Crippen molar-refractivity contribution in [3.63, 3.8) is 0 Å². The minimum absolute atomic E-state index is 0.0192. The number of anilines is 1. The molecule has 0 aromatic carbocycles. The summed E-state index contributed by atoms with van der Waals surface area (Å²) in [6.07, 6.45) is 3.70. The molecule has 2 rings (SSSR count). The minimum atomic E-state index is -0.0992. The van der Waals surface area contributed by atoms with Crippen LogP contribution in [0.3, 0.4) is 0 Å². The maximum Gasteiger partial charge on any atom is 0.232 e. The van der Waals surface area contributed by atoms with Gasteiger partial charge in [-0.1, -0.05) is 0 Å². The normalized spacial score (nSPS) is 20.2. The molecule has 1 aliphatic heterocycles. The van der Waals surface area contributed by atoms with E-state index in [0.717, 1.165) is 0 Å². The zero-order chi connectivity index (χ0) is 11.5. The third-order valence-electron chi connectivity index (χ3n) is 2.50. The van der Waals surface area contributed by atoms with Crippen molar-refractivity contribution >= 4 is 18.1 Å². The molecule has 0 saturated carbocycles. The summed E-state index contributed by atoms with van der Waals surface area (Å²) < 4.78 is 0. The van der Waals surface area contributed by atoms with Crippen LogP contribution in [0.25, 0.3) is 0 Å². The predicted molar refractivity (Wildman–Crippen MR) is 55.0 cm³/mol. The number of amides is 1. The van der Waals surface area contributed by atoms with E-state index in [9.17, 15) is 9.59 Å². The number of carbonyl (C=O) groups excluding carboxylic acids is 2. The zero-order valence-electron chi connectivity index (χ0n) is 8.54. The number of hydrogen-bond donors (Lipinski definition) is 1. The highest BCUT2D eigenvalue weighted by molar-refractivity contribution is 5.94. The molecule has 1 aromatic heterocycles. The molecule has 1 saturated heterocycles. The number of nitrogens with zero attached hydrogens (tertiary/aromatic N) is 3. The molecule has 2 heterocycles. The van der Waals surface area contributed by atoms with Gasteiger partial charge in [0.25, 0.3) is 0 Å². The molecule has 1 fully saturated rings. The van der Waals surface area contributed by atoms with Crippen LogP contribution < -0.4 is 4.90 Å². The first-order valence-corrected chi connectivity index (χ1v) is 4.93. The number of carbonyl (C=O) groups is 2. The maximum absolute atomic E-state index is 11.6. The molecule has 6 heteroatoms. The summed E-state index contributed by atoms with van der Waals surface area (Å²) >= 11 is 0. The van der Waals surface area contributed by atoms with Gasteiger partial charge in [-0.25, -0.2) is 9.97 Å². The maximum atomic E-state index is 11.6. The van der Waals surface area contributed by atoms with Crippen LogP contribution in [0.2, 0.25) is 0 Å². The lowest BCUT2D eigenvalue weighted by molar-refractivity contribution is -0.117. The molecule has 0 aliphatic carbocycles. The quantitative estimate of drug-likeness (QED) is 0.704. The Bertz CT molecular complexity index is 404. The van der Waals surface area contributed by atoms with Gasteiger partial charge in [0.1, 0.15) is 0 Å². The van der Waals surface area contributed by atoms with Gasteiger partial charge in [-0.2, -0.15) is 0 Å². The lowest BCUT2D eigenvalue weighted by Gasteiger charge is -2.13. The van der Waals surface area contributed by atoms with E-state index in [1.54, 1.807) is 0 Å². The minimum Gasteiger partial charge on any atom is -0.396 e. The van der Waals surface area contributed by atoms with Gasteiger partial charge in [0.15, 0.2) is 6.29 Å². The van der Waals surface area contributed by atoms with E-state index in [-0.39, 0.29) is 24.4 Å². The topological polar surface area (TPSA) is 83.4 Å². The Morgan fingerprint density at radius 3 is 2.69 bits per heavy atom. The molecule has 1 unspecified atom stereocenters. The first-order valence-electron chi connectivity index (χ1n) is 4.93. The Kier molecular flexibility index (Phi) is 2.91. The van der Waals surface area contributed by atoms with Crippen molar-refractivity contribution in [3.8, 4) is 0 Å². The summed E-state index contributed by atoms with van der Waals surface area (Å²) in [5, 5.41) is 8.96. The van der Waals surface area contributed by atoms with E-state index in [4.69, 9.17) is 5.11 Å². The van der Waals surface area contributed by atoms with Crippen LogP contribution in [0.4, 0.5) is 5.95 Å². The third-order valence-corrected chi connectivity index (χ3v) is 2.50. The molecule has 1 aliphatic rings. The summed E-state index contributed by atoms with van der Waals surface area (Å²) in [6, 6.07) is 0. The van der Waals surface area contributed by atoms with Gasteiger partial charge in [-0.15, -0.1) is 0 Å². The monoisotopic (exact) mass is 221 g/mol. The molecule has 1 aromatic rings.